The molecule has 1 aromatic carbocycles. The van der Waals surface area contributed by atoms with E-state index in [4.69, 9.17) is 4.42 Å². The normalized spacial score (nSPS) is 11.5. The first-order valence-electron chi connectivity index (χ1n) is 7.37. The van der Waals surface area contributed by atoms with Gasteiger partial charge in [-0.05, 0) is 24.3 Å². The van der Waals surface area contributed by atoms with Gasteiger partial charge in [0.1, 0.15) is 11.2 Å². The fraction of sp³-hybridized carbons (Fsp3) is 0. The summed E-state index contributed by atoms with van der Waals surface area (Å²) in [6, 6.07) is 15.8. The van der Waals surface area contributed by atoms with Crippen LogP contribution in [0.1, 0.15) is 0 Å². The quantitative estimate of drug-likeness (QED) is 0.454. The number of para-hydroxylation sites is 1. The maximum absolute atomic E-state index is 5.92. The number of benzene rings is 1. The van der Waals surface area contributed by atoms with Gasteiger partial charge in [-0.15, -0.1) is 0 Å². The Morgan fingerprint density at radius 3 is 2.74 bits per heavy atom. The lowest BCUT2D eigenvalue weighted by molar-refractivity contribution is 0.668. The molecule has 0 aliphatic carbocycles. The minimum Gasteiger partial charge on any atom is -0.456 e. The highest BCUT2D eigenvalue weighted by Crippen LogP contribution is 2.30. The van der Waals surface area contributed by atoms with E-state index >= 15 is 0 Å². The van der Waals surface area contributed by atoms with Gasteiger partial charge in [0, 0.05) is 40.8 Å². The first kappa shape index (κ1) is 12.3. The zero-order chi connectivity index (χ0) is 15.2. The van der Waals surface area contributed by atoms with Crippen LogP contribution in [0, 0.1) is 0 Å². The minimum atomic E-state index is 0.801. The van der Waals surface area contributed by atoms with E-state index in [1.54, 1.807) is 6.20 Å². The highest BCUT2D eigenvalue weighted by Gasteiger charge is 2.10. The molecule has 0 N–H and O–H groups in total. The van der Waals surface area contributed by atoms with Crippen LogP contribution in [0.25, 0.3) is 44.2 Å². The lowest BCUT2D eigenvalue weighted by Crippen LogP contribution is -1.88. The van der Waals surface area contributed by atoms with E-state index in [0.29, 0.717) is 0 Å². The van der Waals surface area contributed by atoms with E-state index < -0.39 is 0 Å². The highest BCUT2D eigenvalue weighted by atomic mass is 16.3. The number of aromatic nitrogens is 3. The smallest absolute Gasteiger partial charge is 0.139 e. The third-order valence-corrected chi connectivity index (χ3v) is 4.02. The molecule has 0 saturated carbocycles. The van der Waals surface area contributed by atoms with E-state index in [1.807, 2.05) is 60.9 Å². The standard InChI is InChI=1S/C19H11N3O/c1-2-4-18-13(3-1)14-11-21-17(9-19(14)23-18)16-6-5-12-10-20-8-7-15(12)22-16/h1-11H. The van der Waals surface area contributed by atoms with Crippen molar-refractivity contribution in [3.05, 3.63) is 67.1 Å². The number of hydrogen-bond donors (Lipinski definition) is 0. The Balaban J connectivity index is 1.73. The van der Waals surface area contributed by atoms with Crippen molar-refractivity contribution < 1.29 is 4.42 Å². The summed E-state index contributed by atoms with van der Waals surface area (Å²) >= 11 is 0. The van der Waals surface area contributed by atoms with Crippen molar-refractivity contribution in [1.29, 1.82) is 0 Å². The van der Waals surface area contributed by atoms with Crippen molar-refractivity contribution in [2.75, 3.05) is 0 Å². The average molecular weight is 297 g/mol. The summed E-state index contributed by atoms with van der Waals surface area (Å²) in [5, 5.41) is 3.12. The first-order chi connectivity index (χ1) is 11.4. The molecular formula is C19H11N3O. The number of fused-ring (bicyclic) bond motifs is 4. The molecule has 0 unspecified atom stereocenters. The van der Waals surface area contributed by atoms with Crippen LogP contribution in [0.4, 0.5) is 0 Å². The lowest BCUT2D eigenvalue weighted by atomic mass is 10.1. The van der Waals surface area contributed by atoms with E-state index in [1.165, 1.54) is 0 Å². The second-order valence-electron chi connectivity index (χ2n) is 5.43. The van der Waals surface area contributed by atoms with Gasteiger partial charge >= 0.3 is 0 Å². The van der Waals surface area contributed by atoms with Crippen LogP contribution in [0.15, 0.2) is 71.5 Å². The third-order valence-electron chi connectivity index (χ3n) is 4.02. The second kappa shape index (κ2) is 4.61. The topological polar surface area (TPSA) is 51.8 Å². The van der Waals surface area contributed by atoms with Crippen LogP contribution in [0.2, 0.25) is 0 Å². The Morgan fingerprint density at radius 2 is 1.74 bits per heavy atom. The van der Waals surface area contributed by atoms with Gasteiger partial charge in [-0.3, -0.25) is 9.97 Å². The van der Waals surface area contributed by atoms with Gasteiger partial charge in [-0.1, -0.05) is 18.2 Å². The molecule has 4 heteroatoms. The fourth-order valence-corrected chi connectivity index (χ4v) is 2.87. The molecule has 4 heterocycles. The molecule has 0 aliphatic rings. The summed E-state index contributed by atoms with van der Waals surface area (Å²) in [4.78, 5) is 13.3. The zero-order valence-corrected chi connectivity index (χ0v) is 12.1. The van der Waals surface area contributed by atoms with Crippen LogP contribution in [-0.4, -0.2) is 15.0 Å². The molecule has 108 valence electrons. The van der Waals surface area contributed by atoms with Crippen LogP contribution in [0.5, 0.6) is 0 Å². The maximum atomic E-state index is 5.92. The number of pyridine rings is 3. The Labute approximate surface area is 131 Å². The molecule has 5 rings (SSSR count). The molecule has 4 nitrogen and oxygen atoms in total. The van der Waals surface area contributed by atoms with Crippen molar-refractivity contribution >= 4 is 32.8 Å². The van der Waals surface area contributed by atoms with Gasteiger partial charge in [-0.2, -0.15) is 0 Å². The summed E-state index contributed by atoms with van der Waals surface area (Å²) in [7, 11) is 0. The lowest BCUT2D eigenvalue weighted by Gasteiger charge is -2.02. The Morgan fingerprint density at radius 1 is 0.783 bits per heavy atom. The van der Waals surface area contributed by atoms with E-state index in [-0.39, 0.29) is 0 Å². The first-order valence-corrected chi connectivity index (χ1v) is 7.37. The number of hydrogen-bond acceptors (Lipinski definition) is 4. The molecule has 0 saturated heterocycles. The molecule has 0 atom stereocenters. The third kappa shape index (κ3) is 1.89. The molecule has 0 radical (unpaired) electrons. The minimum absolute atomic E-state index is 0.801. The average Bonchev–Trinajstić information content (AvgIpc) is 2.99. The monoisotopic (exact) mass is 297 g/mol. The van der Waals surface area contributed by atoms with Crippen molar-refractivity contribution in [3.8, 4) is 11.4 Å². The number of furan rings is 1. The van der Waals surface area contributed by atoms with Crippen LogP contribution < -0.4 is 0 Å². The molecule has 0 fully saturated rings. The van der Waals surface area contributed by atoms with Crippen LogP contribution in [-0.2, 0) is 0 Å². The molecule has 5 aromatic rings. The van der Waals surface area contributed by atoms with Gasteiger partial charge in [-0.25, -0.2) is 4.98 Å². The van der Waals surface area contributed by atoms with Crippen LogP contribution in [0.3, 0.4) is 0 Å². The van der Waals surface area contributed by atoms with E-state index in [9.17, 15) is 0 Å². The van der Waals surface area contributed by atoms with Crippen molar-refractivity contribution in [2.24, 2.45) is 0 Å². The number of rotatable bonds is 1. The SMILES string of the molecule is c1ccc2c(c1)oc1cc(-c3ccc4cnccc4n3)ncc12. The van der Waals surface area contributed by atoms with Gasteiger partial charge in [0.25, 0.3) is 0 Å². The second-order valence-corrected chi connectivity index (χ2v) is 5.43. The summed E-state index contributed by atoms with van der Waals surface area (Å²) in [6.45, 7) is 0. The Kier molecular flexibility index (Phi) is 2.46. The van der Waals surface area contributed by atoms with E-state index in [0.717, 1.165) is 44.2 Å². The van der Waals surface area contributed by atoms with Gasteiger partial charge in [0.2, 0.25) is 0 Å². The highest BCUT2D eigenvalue weighted by molar-refractivity contribution is 6.05. The molecule has 0 spiro atoms. The number of nitrogens with zero attached hydrogens (tertiary/aromatic N) is 3. The maximum Gasteiger partial charge on any atom is 0.139 e. The summed E-state index contributed by atoms with van der Waals surface area (Å²) in [5.41, 5.74) is 4.23. The molecule has 4 aromatic heterocycles. The summed E-state index contributed by atoms with van der Waals surface area (Å²) in [6.07, 6.45) is 5.41. The fourth-order valence-electron chi connectivity index (χ4n) is 2.87. The Hall–Kier alpha value is -3.27. The van der Waals surface area contributed by atoms with Crippen molar-refractivity contribution in [1.82, 2.24) is 15.0 Å². The molecular weight excluding hydrogens is 286 g/mol. The van der Waals surface area contributed by atoms with Gasteiger partial charge in [0.15, 0.2) is 0 Å². The summed E-state index contributed by atoms with van der Waals surface area (Å²) < 4.78 is 5.92. The molecule has 23 heavy (non-hydrogen) atoms. The zero-order valence-electron chi connectivity index (χ0n) is 12.1. The van der Waals surface area contributed by atoms with Crippen LogP contribution >= 0.6 is 0 Å². The largest absolute Gasteiger partial charge is 0.456 e. The molecule has 0 bridgehead atoms. The predicted molar refractivity (Wildman–Crippen MR) is 90.0 cm³/mol. The van der Waals surface area contributed by atoms with Gasteiger partial charge in [0.05, 0.1) is 16.9 Å². The van der Waals surface area contributed by atoms with Gasteiger partial charge < -0.3 is 4.42 Å². The molecule has 0 aliphatic heterocycles. The predicted octanol–water partition coefficient (Wildman–Crippen LogP) is 4.59. The van der Waals surface area contributed by atoms with Crippen molar-refractivity contribution in [2.45, 2.75) is 0 Å². The summed E-state index contributed by atoms with van der Waals surface area (Å²) in [5.74, 6) is 0. The Bertz CT molecular complexity index is 1180. The molecule has 0 amide bonds. The van der Waals surface area contributed by atoms with E-state index in [2.05, 4.69) is 15.0 Å². The van der Waals surface area contributed by atoms with Crippen molar-refractivity contribution in [3.63, 3.8) is 0 Å².